The first-order valence-electron chi connectivity index (χ1n) is 8.04. The molecule has 3 heterocycles. The van der Waals surface area contributed by atoms with Gasteiger partial charge in [0.05, 0.1) is 19.3 Å². The predicted molar refractivity (Wildman–Crippen MR) is 90.9 cm³/mol. The van der Waals surface area contributed by atoms with E-state index in [1.165, 1.54) is 43.9 Å². The maximum atomic E-state index is 13.8. The van der Waals surface area contributed by atoms with E-state index in [4.69, 9.17) is 4.74 Å². The molecule has 3 rings (SSSR count). The second-order valence-electron chi connectivity index (χ2n) is 5.71. The summed E-state index contributed by atoms with van der Waals surface area (Å²) < 4.78 is 60.5. The molecule has 0 atom stereocenters. The van der Waals surface area contributed by atoms with E-state index >= 15 is 0 Å². The quantitative estimate of drug-likeness (QED) is 0.575. The molecular formula is C17H13F4N5O3. The van der Waals surface area contributed by atoms with Crippen LogP contribution in [0.1, 0.15) is 5.56 Å². The fourth-order valence-electron chi connectivity index (χ4n) is 2.26. The van der Waals surface area contributed by atoms with Crippen LogP contribution in [0.15, 0.2) is 41.6 Å². The van der Waals surface area contributed by atoms with E-state index < -0.39 is 30.2 Å². The van der Waals surface area contributed by atoms with Crippen molar-refractivity contribution >= 4 is 0 Å². The number of pyridine rings is 1. The third-order valence-electron chi connectivity index (χ3n) is 3.55. The second kappa shape index (κ2) is 8.20. The molecule has 29 heavy (non-hydrogen) atoms. The van der Waals surface area contributed by atoms with Crippen LogP contribution in [0.2, 0.25) is 0 Å². The van der Waals surface area contributed by atoms with Gasteiger partial charge in [0.2, 0.25) is 5.88 Å². The van der Waals surface area contributed by atoms with E-state index in [0.29, 0.717) is 11.1 Å². The Labute approximate surface area is 160 Å². The van der Waals surface area contributed by atoms with Gasteiger partial charge in [0.15, 0.2) is 12.4 Å². The first kappa shape index (κ1) is 20.2. The molecule has 3 aromatic rings. The normalized spacial score (nSPS) is 11.3. The van der Waals surface area contributed by atoms with Gasteiger partial charge in [-0.25, -0.2) is 24.0 Å². The minimum Gasteiger partial charge on any atom is -0.479 e. The Morgan fingerprint density at radius 1 is 1.10 bits per heavy atom. The fraction of sp³-hybridized carbons (Fsp3) is 0.235. The third-order valence-corrected chi connectivity index (χ3v) is 3.55. The SMILES string of the molecule is COc1ncc(Cn2nc(-c3cnc(OCC(F)(F)F)nc3)ccc2=O)cc1F. The lowest BCUT2D eigenvalue weighted by Gasteiger charge is -2.09. The summed E-state index contributed by atoms with van der Waals surface area (Å²) in [5.74, 6) is -0.857. The Bertz CT molecular complexity index is 1050. The minimum atomic E-state index is -4.51. The summed E-state index contributed by atoms with van der Waals surface area (Å²) in [6.45, 7) is -1.57. The van der Waals surface area contributed by atoms with Crippen molar-refractivity contribution in [3.63, 3.8) is 0 Å². The van der Waals surface area contributed by atoms with Crippen molar-refractivity contribution < 1.29 is 27.0 Å². The molecular weight excluding hydrogens is 398 g/mol. The highest BCUT2D eigenvalue weighted by Gasteiger charge is 2.28. The molecule has 0 N–H and O–H groups in total. The van der Waals surface area contributed by atoms with Crippen LogP contribution in [0, 0.1) is 5.82 Å². The van der Waals surface area contributed by atoms with Gasteiger partial charge < -0.3 is 9.47 Å². The van der Waals surface area contributed by atoms with Gasteiger partial charge in [-0.3, -0.25) is 4.79 Å². The van der Waals surface area contributed by atoms with Gasteiger partial charge in [0.1, 0.15) is 0 Å². The smallest absolute Gasteiger partial charge is 0.422 e. The van der Waals surface area contributed by atoms with Crippen molar-refractivity contribution in [3.05, 3.63) is 58.5 Å². The lowest BCUT2D eigenvalue weighted by molar-refractivity contribution is -0.154. The zero-order chi connectivity index (χ0) is 21.0. The zero-order valence-electron chi connectivity index (χ0n) is 14.9. The maximum Gasteiger partial charge on any atom is 0.422 e. The molecule has 0 aliphatic rings. The van der Waals surface area contributed by atoms with Gasteiger partial charge in [-0.15, -0.1) is 0 Å². The van der Waals surface area contributed by atoms with E-state index in [0.717, 1.165) is 4.68 Å². The van der Waals surface area contributed by atoms with Crippen molar-refractivity contribution in [1.82, 2.24) is 24.7 Å². The molecule has 0 saturated heterocycles. The molecule has 0 saturated carbocycles. The van der Waals surface area contributed by atoms with Crippen molar-refractivity contribution in [2.24, 2.45) is 0 Å². The molecule has 0 spiro atoms. The lowest BCUT2D eigenvalue weighted by atomic mass is 10.2. The van der Waals surface area contributed by atoms with Crippen molar-refractivity contribution in [2.45, 2.75) is 12.7 Å². The summed E-state index contributed by atoms with van der Waals surface area (Å²) in [6.07, 6.45) is -0.734. The topological polar surface area (TPSA) is 92.0 Å². The minimum absolute atomic E-state index is 0.0613. The average Bonchev–Trinajstić information content (AvgIpc) is 2.68. The molecule has 0 bridgehead atoms. The molecule has 0 amide bonds. The largest absolute Gasteiger partial charge is 0.479 e. The lowest BCUT2D eigenvalue weighted by Crippen LogP contribution is -2.23. The number of halogens is 4. The van der Waals surface area contributed by atoms with Crippen LogP contribution >= 0.6 is 0 Å². The fourth-order valence-corrected chi connectivity index (χ4v) is 2.26. The molecule has 3 aromatic heterocycles. The van der Waals surface area contributed by atoms with Gasteiger partial charge in [0.25, 0.3) is 5.56 Å². The first-order chi connectivity index (χ1) is 13.7. The van der Waals surface area contributed by atoms with E-state index in [-0.39, 0.29) is 18.1 Å². The van der Waals surface area contributed by atoms with Gasteiger partial charge in [-0.2, -0.15) is 18.3 Å². The number of hydrogen-bond donors (Lipinski definition) is 0. The summed E-state index contributed by atoms with van der Waals surface area (Å²) in [4.78, 5) is 23.2. The maximum absolute atomic E-state index is 13.8. The zero-order valence-corrected chi connectivity index (χ0v) is 14.9. The highest BCUT2D eigenvalue weighted by atomic mass is 19.4. The number of hydrogen-bond acceptors (Lipinski definition) is 7. The molecule has 0 radical (unpaired) electrons. The number of rotatable bonds is 6. The van der Waals surface area contributed by atoms with Crippen LogP contribution in [-0.4, -0.2) is 44.6 Å². The van der Waals surface area contributed by atoms with Crippen molar-refractivity contribution in [2.75, 3.05) is 13.7 Å². The van der Waals surface area contributed by atoms with E-state index in [1.54, 1.807) is 0 Å². The van der Waals surface area contributed by atoms with Crippen LogP contribution in [0.25, 0.3) is 11.3 Å². The first-order valence-corrected chi connectivity index (χ1v) is 8.04. The summed E-state index contributed by atoms with van der Waals surface area (Å²) >= 11 is 0. The Morgan fingerprint density at radius 2 is 1.83 bits per heavy atom. The Hall–Kier alpha value is -3.57. The van der Waals surface area contributed by atoms with Crippen LogP contribution in [0.5, 0.6) is 11.9 Å². The molecule has 8 nitrogen and oxygen atoms in total. The molecule has 0 fully saturated rings. The molecule has 152 valence electrons. The van der Waals surface area contributed by atoms with Crippen LogP contribution in [0.4, 0.5) is 17.6 Å². The Kier molecular flexibility index (Phi) is 5.71. The Morgan fingerprint density at radius 3 is 2.45 bits per heavy atom. The molecule has 0 aromatic carbocycles. The van der Waals surface area contributed by atoms with Crippen molar-refractivity contribution in [1.29, 1.82) is 0 Å². The van der Waals surface area contributed by atoms with Gasteiger partial charge in [-0.05, 0) is 17.7 Å². The second-order valence-corrected chi connectivity index (χ2v) is 5.71. The highest BCUT2D eigenvalue weighted by Crippen LogP contribution is 2.18. The highest BCUT2D eigenvalue weighted by molar-refractivity contribution is 5.55. The van der Waals surface area contributed by atoms with Crippen LogP contribution in [0.3, 0.4) is 0 Å². The van der Waals surface area contributed by atoms with Crippen molar-refractivity contribution in [3.8, 4) is 23.1 Å². The molecule has 0 aliphatic carbocycles. The summed E-state index contributed by atoms with van der Waals surface area (Å²) in [7, 11) is 1.28. The Balaban J connectivity index is 1.80. The number of aromatic nitrogens is 5. The molecule has 0 unspecified atom stereocenters. The number of methoxy groups -OCH3 is 1. The standard InChI is InChI=1S/C17H13F4N5O3/c1-28-15-12(18)4-10(5-22-15)8-26-14(27)3-2-13(25-26)11-6-23-16(24-7-11)29-9-17(19,20)21/h2-7H,8-9H2,1H3. The monoisotopic (exact) mass is 411 g/mol. The third kappa shape index (κ3) is 5.24. The number of alkyl halides is 3. The van der Waals surface area contributed by atoms with E-state index in [9.17, 15) is 22.4 Å². The van der Waals surface area contributed by atoms with E-state index in [2.05, 4.69) is 24.8 Å². The summed E-state index contributed by atoms with van der Waals surface area (Å²) in [5, 5.41) is 4.15. The molecule has 0 aliphatic heterocycles. The molecule has 12 heteroatoms. The van der Waals surface area contributed by atoms with Crippen LogP contribution in [-0.2, 0) is 6.54 Å². The number of ether oxygens (including phenoxy) is 2. The van der Waals surface area contributed by atoms with Gasteiger partial charge in [-0.1, -0.05) is 0 Å². The summed E-state index contributed by atoms with van der Waals surface area (Å²) in [6, 6.07) is 3.37. The average molecular weight is 411 g/mol. The van der Waals surface area contributed by atoms with Gasteiger partial charge >= 0.3 is 12.2 Å². The van der Waals surface area contributed by atoms with Crippen LogP contribution < -0.4 is 15.0 Å². The summed E-state index contributed by atoms with van der Waals surface area (Å²) in [5.41, 5.74) is 0.560. The van der Waals surface area contributed by atoms with Gasteiger partial charge in [0, 0.05) is 30.2 Å². The predicted octanol–water partition coefficient (Wildman–Crippen LogP) is 2.23. The van der Waals surface area contributed by atoms with E-state index in [1.807, 2.05) is 0 Å². The number of nitrogens with zero attached hydrogens (tertiary/aromatic N) is 5.